The fourth-order valence-corrected chi connectivity index (χ4v) is 2.94. The van der Waals surface area contributed by atoms with Crippen molar-refractivity contribution < 1.29 is 14.3 Å². The number of amides is 1. The first-order chi connectivity index (χ1) is 13.4. The van der Waals surface area contributed by atoms with Crippen LogP contribution < -0.4 is 5.32 Å². The Morgan fingerprint density at radius 2 is 1.75 bits per heavy atom. The third-order valence-corrected chi connectivity index (χ3v) is 4.75. The molecule has 28 heavy (non-hydrogen) atoms. The van der Waals surface area contributed by atoms with Crippen LogP contribution in [0.1, 0.15) is 15.9 Å². The molecule has 1 N–H and O–H groups in total. The largest absolute Gasteiger partial charge is 0.452 e. The third kappa shape index (κ3) is 5.25. The molecule has 0 unspecified atom stereocenters. The van der Waals surface area contributed by atoms with Gasteiger partial charge in [0, 0.05) is 12.4 Å². The van der Waals surface area contributed by atoms with Crippen molar-refractivity contribution in [1.29, 1.82) is 0 Å². The van der Waals surface area contributed by atoms with E-state index in [0.29, 0.717) is 12.1 Å². The van der Waals surface area contributed by atoms with Gasteiger partial charge in [-0.05, 0) is 35.9 Å². The lowest BCUT2D eigenvalue weighted by Crippen LogP contribution is -2.21. The molecule has 1 aromatic heterocycles. The molecular weight excluding hydrogens is 425 g/mol. The van der Waals surface area contributed by atoms with Crippen molar-refractivity contribution in [3.8, 4) is 0 Å². The molecule has 3 aromatic rings. The van der Waals surface area contributed by atoms with Gasteiger partial charge >= 0.3 is 5.97 Å². The summed E-state index contributed by atoms with van der Waals surface area (Å²) in [6, 6.07) is 11.5. The topological polar surface area (TPSA) is 73.2 Å². The van der Waals surface area contributed by atoms with Crippen molar-refractivity contribution in [2.75, 3.05) is 11.9 Å². The second-order valence-corrected chi connectivity index (χ2v) is 6.99. The van der Waals surface area contributed by atoms with Crippen molar-refractivity contribution in [3.05, 3.63) is 81.1 Å². The maximum atomic E-state index is 12.1. The average Bonchev–Trinajstić information content (AvgIpc) is 3.18. The van der Waals surface area contributed by atoms with E-state index in [4.69, 9.17) is 39.5 Å². The maximum absolute atomic E-state index is 12.1. The summed E-state index contributed by atoms with van der Waals surface area (Å²) in [4.78, 5) is 24.1. The van der Waals surface area contributed by atoms with Crippen LogP contribution in [0.15, 0.2) is 54.9 Å². The van der Waals surface area contributed by atoms with Gasteiger partial charge in [-0.2, -0.15) is 5.10 Å². The van der Waals surface area contributed by atoms with Gasteiger partial charge in [0.1, 0.15) is 0 Å². The number of nitrogens with one attached hydrogen (secondary N) is 1. The van der Waals surface area contributed by atoms with E-state index in [-0.39, 0.29) is 20.8 Å². The number of esters is 1. The first kappa shape index (κ1) is 20.2. The van der Waals surface area contributed by atoms with Gasteiger partial charge in [0.2, 0.25) is 0 Å². The van der Waals surface area contributed by atoms with Gasteiger partial charge in [-0.3, -0.25) is 9.48 Å². The summed E-state index contributed by atoms with van der Waals surface area (Å²) in [5.74, 6) is -1.16. The van der Waals surface area contributed by atoms with E-state index in [1.54, 1.807) is 35.1 Å². The summed E-state index contributed by atoms with van der Waals surface area (Å²) < 4.78 is 6.80. The van der Waals surface area contributed by atoms with Crippen LogP contribution in [-0.2, 0) is 16.1 Å². The number of carbonyl (C=O) groups excluding carboxylic acids is 2. The number of hydrogen-bond donors (Lipinski definition) is 1. The van der Waals surface area contributed by atoms with E-state index in [1.807, 2.05) is 12.3 Å². The number of nitrogens with zero attached hydrogens (tertiary/aromatic N) is 2. The van der Waals surface area contributed by atoms with Gasteiger partial charge < -0.3 is 10.1 Å². The summed E-state index contributed by atoms with van der Waals surface area (Å²) >= 11 is 17.7. The summed E-state index contributed by atoms with van der Waals surface area (Å²) in [7, 11) is 0. The minimum Gasteiger partial charge on any atom is -0.452 e. The highest BCUT2D eigenvalue weighted by molar-refractivity contribution is 6.44. The molecule has 3 rings (SSSR count). The highest BCUT2D eigenvalue weighted by Crippen LogP contribution is 2.32. The Morgan fingerprint density at radius 1 is 1.04 bits per heavy atom. The zero-order chi connectivity index (χ0) is 20.1. The van der Waals surface area contributed by atoms with Crippen LogP contribution in [0.3, 0.4) is 0 Å². The van der Waals surface area contributed by atoms with Crippen LogP contribution in [0.4, 0.5) is 5.69 Å². The molecule has 0 aliphatic carbocycles. The Kier molecular flexibility index (Phi) is 6.57. The highest BCUT2D eigenvalue weighted by Gasteiger charge is 2.13. The van der Waals surface area contributed by atoms with Crippen molar-refractivity contribution in [2.24, 2.45) is 0 Å². The standard InChI is InChI=1S/C19H14Cl3N3O3/c20-14-8-16(22)17(9-15(14)21)24-18(26)11-28-19(27)13-4-2-12(3-5-13)10-25-7-1-6-23-25/h1-9H,10-11H2,(H,24,26). The number of carbonyl (C=O) groups is 2. The van der Waals surface area contributed by atoms with Crippen molar-refractivity contribution in [2.45, 2.75) is 6.54 Å². The van der Waals surface area contributed by atoms with Crippen LogP contribution >= 0.6 is 34.8 Å². The zero-order valence-corrected chi connectivity index (χ0v) is 16.6. The highest BCUT2D eigenvalue weighted by atomic mass is 35.5. The lowest BCUT2D eigenvalue weighted by molar-refractivity contribution is -0.119. The van der Waals surface area contributed by atoms with Gasteiger partial charge in [-0.15, -0.1) is 0 Å². The van der Waals surface area contributed by atoms with Gasteiger partial charge in [-0.25, -0.2) is 4.79 Å². The molecule has 0 aliphatic rings. The number of anilines is 1. The summed E-state index contributed by atoms with van der Waals surface area (Å²) in [6.45, 7) is 0.125. The van der Waals surface area contributed by atoms with Crippen molar-refractivity contribution in [1.82, 2.24) is 9.78 Å². The Balaban J connectivity index is 1.53. The SMILES string of the molecule is O=C(COC(=O)c1ccc(Cn2cccn2)cc1)Nc1cc(Cl)c(Cl)cc1Cl. The van der Waals surface area contributed by atoms with E-state index >= 15 is 0 Å². The lowest BCUT2D eigenvalue weighted by atomic mass is 10.1. The molecule has 1 amide bonds. The van der Waals surface area contributed by atoms with E-state index in [2.05, 4.69) is 10.4 Å². The zero-order valence-electron chi connectivity index (χ0n) is 14.4. The van der Waals surface area contributed by atoms with Crippen LogP contribution in [0.25, 0.3) is 0 Å². The number of hydrogen-bond acceptors (Lipinski definition) is 4. The van der Waals surface area contributed by atoms with Crippen molar-refractivity contribution in [3.63, 3.8) is 0 Å². The normalized spacial score (nSPS) is 10.5. The molecule has 0 spiro atoms. The van der Waals surface area contributed by atoms with Gasteiger partial charge in [-0.1, -0.05) is 46.9 Å². The molecule has 0 atom stereocenters. The maximum Gasteiger partial charge on any atom is 0.338 e. The quantitative estimate of drug-likeness (QED) is 0.448. The summed E-state index contributed by atoms with van der Waals surface area (Å²) in [5.41, 5.74) is 1.59. The monoisotopic (exact) mass is 437 g/mol. The molecule has 2 aromatic carbocycles. The average molecular weight is 439 g/mol. The first-order valence-corrected chi connectivity index (χ1v) is 9.23. The molecule has 0 fully saturated rings. The van der Waals surface area contributed by atoms with Crippen LogP contribution in [0.2, 0.25) is 15.1 Å². The second kappa shape index (κ2) is 9.10. The van der Waals surface area contributed by atoms with E-state index in [1.165, 1.54) is 12.1 Å². The molecule has 0 saturated heterocycles. The second-order valence-electron chi connectivity index (χ2n) is 5.77. The molecule has 0 saturated carbocycles. The lowest BCUT2D eigenvalue weighted by Gasteiger charge is -2.09. The van der Waals surface area contributed by atoms with Crippen molar-refractivity contribution >= 4 is 52.4 Å². The molecule has 0 radical (unpaired) electrons. The molecule has 9 heteroatoms. The minimum absolute atomic E-state index is 0.224. The Labute approximate surface area is 176 Å². The van der Waals surface area contributed by atoms with Gasteiger partial charge in [0.25, 0.3) is 5.91 Å². The summed E-state index contributed by atoms with van der Waals surface area (Å²) in [6.07, 6.45) is 3.54. The van der Waals surface area contributed by atoms with Crippen LogP contribution in [0, 0.1) is 0 Å². The third-order valence-electron chi connectivity index (χ3n) is 3.71. The predicted octanol–water partition coefficient (Wildman–Crippen LogP) is 4.69. The van der Waals surface area contributed by atoms with E-state index in [0.717, 1.165) is 5.56 Å². The molecule has 144 valence electrons. The first-order valence-electron chi connectivity index (χ1n) is 8.10. The predicted molar refractivity (Wildman–Crippen MR) is 108 cm³/mol. The van der Waals surface area contributed by atoms with E-state index in [9.17, 15) is 9.59 Å². The Morgan fingerprint density at radius 3 is 2.43 bits per heavy atom. The number of rotatable bonds is 6. The van der Waals surface area contributed by atoms with Crippen LogP contribution in [0.5, 0.6) is 0 Å². The number of aromatic nitrogens is 2. The molecule has 6 nitrogen and oxygen atoms in total. The number of ether oxygens (including phenoxy) is 1. The smallest absolute Gasteiger partial charge is 0.338 e. The molecular formula is C19H14Cl3N3O3. The van der Waals surface area contributed by atoms with E-state index < -0.39 is 18.5 Å². The summed E-state index contributed by atoms with van der Waals surface area (Å²) in [5, 5.41) is 7.38. The molecule has 0 aliphatic heterocycles. The Bertz CT molecular complexity index is 990. The number of halogens is 3. The van der Waals surface area contributed by atoms with Gasteiger partial charge in [0.05, 0.1) is 32.9 Å². The molecule has 0 bridgehead atoms. The number of benzene rings is 2. The van der Waals surface area contributed by atoms with Gasteiger partial charge in [0.15, 0.2) is 6.61 Å². The fraction of sp³-hybridized carbons (Fsp3) is 0.105. The fourth-order valence-electron chi connectivity index (χ4n) is 2.35. The Hall–Kier alpha value is -2.54. The van der Waals surface area contributed by atoms with Crippen LogP contribution in [-0.4, -0.2) is 28.3 Å². The molecule has 1 heterocycles. The minimum atomic E-state index is -0.610.